The molecule has 0 aromatic heterocycles. The average molecular weight is 192 g/mol. The predicted molar refractivity (Wildman–Crippen MR) is 52.8 cm³/mol. The van der Waals surface area contributed by atoms with E-state index in [0.29, 0.717) is 11.1 Å². The largest absolute Gasteiger partial charge is 0.481 e. The first-order chi connectivity index (χ1) is 6.61. The van der Waals surface area contributed by atoms with Crippen molar-refractivity contribution in [1.29, 1.82) is 0 Å². The van der Waals surface area contributed by atoms with E-state index in [0.717, 1.165) is 0 Å². The van der Waals surface area contributed by atoms with Crippen molar-refractivity contribution in [1.82, 2.24) is 0 Å². The summed E-state index contributed by atoms with van der Waals surface area (Å²) in [5, 5.41) is 18.2. The van der Waals surface area contributed by atoms with Crippen molar-refractivity contribution in [3.8, 4) is 0 Å². The second-order valence-corrected chi connectivity index (χ2v) is 3.04. The van der Waals surface area contributed by atoms with Crippen LogP contribution in [0.5, 0.6) is 0 Å². The summed E-state index contributed by atoms with van der Waals surface area (Å²) in [5.74, 6) is -0.981. The maximum absolute atomic E-state index is 10.4. The Balaban J connectivity index is 2.71. The molecule has 0 bridgehead atoms. The Morgan fingerprint density at radius 1 is 1.36 bits per heavy atom. The fourth-order valence-corrected chi connectivity index (χ4v) is 1.16. The van der Waals surface area contributed by atoms with Crippen LogP contribution in [0.3, 0.4) is 0 Å². The van der Waals surface area contributed by atoms with Gasteiger partial charge in [-0.2, -0.15) is 0 Å². The molecule has 2 N–H and O–H groups in total. The number of carboxylic acids is 1. The van der Waals surface area contributed by atoms with Crippen molar-refractivity contribution in [2.45, 2.75) is 12.5 Å². The third-order valence-electron chi connectivity index (χ3n) is 1.88. The van der Waals surface area contributed by atoms with E-state index < -0.39 is 12.1 Å². The van der Waals surface area contributed by atoms with Crippen LogP contribution >= 0.6 is 0 Å². The van der Waals surface area contributed by atoms with Gasteiger partial charge >= 0.3 is 5.97 Å². The van der Waals surface area contributed by atoms with Gasteiger partial charge < -0.3 is 10.2 Å². The molecule has 1 aromatic carbocycles. The van der Waals surface area contributed by atoms with E-state index >= 15 is 0 Å². The topological polar surface area (TPSA) is 57.5 Å². The number of aliphatic hydroxyl groups is 1. The highest BCUT2D eigenvalue weighted by atomic mass is 16.4. The number of carboxylic acid groups (broad SMARTS) is 1. The molecule has 0 aliphatic carbocycles. The summed E-state index contributed by atoms with van der Waals surface area (Å²) in [7, 11) is 0. The molecule has 0 aliphatic heterocycles. The first-order valence-corrected chi connectivity index (χ1v) is 4.23. The first-order valence-electron chi connectivity index (χ1n) is 4.23. The monoisotopic (exact) mass is 192 g/mol. The number of benzene rings is 1. The number of rotatable bonds is 4. The van der Waals surface area contributed by atoms with Gasteiger partial charge in [-0.3, -0.25) is 4.79 Å². The number of aliphatic carboxylic acids is 1. The van der Waals surface area contributed by atoms with Gasteiger partial charge in [0.2, 0.25) is 0 Å². The molecule has 1 aromatic rings. The van der Waals surface area contributed by atoms with Crippen LogP contribution in [0.25, 0.3) is 0 Å². The maximum Gasteiger partial charge on any atom is 0.307 e. The number of hydrogen-bond acceptors (Lipinski definition) is 2. The van der Waals surface area contributed by atoms with Gasteiger partial charge in [-0.05, 0) is 11.1 Å². The molecule has 1 rings (SSSR count). The van der Waals surface area contributed by atoms with Crippen molar-refractivity contribution in [2.75, 3.05) is 0 Å². The molecular formula is C11H12O3. The lowest BCUT2D eigenvalue weighted by molar-refractivity contribution is -0.136. The van der Waals surface area contributed by atoms with E-state index in [1.807, 2.05) is 6.07 Å². The van der Waals surface area contributed by atoms with Gasteiger partial charge in [0, 0.05) is 0 Å². The van der Waals surface area contributed by atoms with Crippen LogP contribution in [0.4, 0.5) is 0 Å². The number of hydrogen-bond donors (Lipinski definition) is 2. The molecule has 0 radical (unpaired) electrons. The lowest BCUT2D eigenvalue weighted by atomic mass is 10.0. The van der Waals surface area contributed by atoms with Crippen molar-refractivity contribution >= 4 is 5.97 Å². The van der Waals surface area contributed by atoms with Gasteiger partial charge in [0.25, 0.3) is 0 Å². The Labute approximate surface area is 82.3 Å². The third-order valence-corrected chi connectivity index (χ3v) is 1.88. The Hall–Kier alpha value is -1.61. The molecule has 0 heterocycles. The van der Waals surface area contributed by atoms with E-state index in [1.54, 1.807) is 24.3 Å². The molecule has 0 fully saturated rings. The van der Waals surface area contributed by atoms with Gasteiger partial charge in [0.15, 0.2) is 0 Å². The molecular weight excluding hydrogens is 180 g/mol. The van der Waals surface area contributed by atoms with Gasteiger partial charge in [-0.1, -0.05) is 36.9 Å². The second kappa shape index (κ2) is 4.58. The highest BCUT2D eigenvalue weighted by Gasteiger charge is 2.13. The summed E-state index contributed by atoms with van der Waals surface area (Å²) in [6.45, 7) is 3.54. The summed E-state index contributed by atoms with van der Waals surface area (Å²) < 4.78 is 0. The Morgan fingerprint density at radius 3 is 2.43 bits per heavy atom. The lowest BCUT2D eigenvalue weighted by Gasteiger charge is -2.11. The molecule has 0 saturated heterocycles. The maximum atomic E-state index is 10.4. The van der Waals surface area contributed by atoms with Crippen LogP contribution in [0, 0.1) is 0 Å². The van der Waals surface area contributed by atoms with Gasteiger partial charge in [-0.15, -0.1) is 0 Å². The fourth-order valence-electron chi connectivity index (χ4n) is 1.16. The minimum Gasteiger partial charge on any atom is -0.481 e. The summed E-state index contributed by atoms with van der Waals surface area (Å²) in [6.07, 6.45) is -1.11. The molecule has 1 unspecified atom stereocenters. The number of carbonyl (C=O) groups is 1. The van der Waals surface area contributed by atoms with Crippen LogP contribution in [-0.2, 0) is 4.79 Å². The van der Waals surface area contributed by atoms with Crippen molar-refractivity contribution in [2.24, 2.45) is 0 Å². The Bertz CT molecular complexity index is 330. The molecule has 3 nitrogen and oxygen atoms in total. The van der Waals surface area contributed by atoms with Gasteiger partial charge in [-0.25, -0.2) is 0 Å². The molecule has 0 aliphatic rings. The van der Waals surface area contributed by atoms with Crippen LogP contribution in [0.1, 0.15) is 18.1 Å². The van der Waals surface area contributed by atoms with Crippen LogP contribution in [-0.4, -0.2) is 16.2 Å². The van der Waals surface area contributed by atoms with Crippen LogP contribution in [0.2, 0.25) is 0 Å². The first kappa shape index (κ1) is 10.5. The van der Waals surface area contributed by atoms with E-state index in [9.17, 15) is 9.90 Å². The molecule has 3 heteroatoms. The molecule has 0 spiro atoms. The van der Waals surface area contributed by atoms with E-state index in [1.165, 1.54) is 0 Å². The van der Waals surface area contributed by atoms with E-state index in [-0.39, 0.29) is 6.42 Å². The highest BCUT2D eigenvalue weighted by molar-refractivity contribution is 5.70. The molecule has 74 valence electrons. The second-order valence-electron chi connectivity index (χ2n) is 3.04. The smallest absolute Gasteiger partial charge is 0.307 e. The molecule has 0 amide bonds. The predicted octanol–water partition coefficient (Wildman–Crippen LogP) is 1.75. The molecule has 14 heavy (non-hydrogen) atoms. The van der Waals surface area contributed by atoms with Crippen molar-refractivity contribution in [3.05, 3.63) is 48.0 Å². The minimum absolute atomic E-state index is 0.212. The summed E-state index contributed by atoms with van der Waals surface area (Å²) in [5.41, 5.74) is 0.961. The highest BCUT2D eigenvalue weighted by Crippen LogP contribution is 2.21. The zero-order valence-corrected chi connectivity index (χ0v) is 7.68. The summed E-state index contributed by atoms with van der Waals surface area (Å²) >= 11 is 0. The van der Waals surface area contributed by atoms with Crippen molar-refractivity contribution in [3.63, 3.8) is 0 Å². The molecule has 0 saturated carbocycles. The van der Waals surface area contributed by atoms with Gasteiger partial charge in [0.05, 0.1) is 6.42 Å². The standard InChI is InChI=1S/C11H12O3/c1-8(7-10(12)13)11(14)9-5-3-2-4-6-9/h2-6,11,14H,1,7H2,(H,12,13). The molecule has 1 atom stereocenters. The summed E-state index contributed by atoms with van der Waals surface area (Å²) in [6, 6.07) is 8.87. The van der Waals surface area contributed by atoms with E-state index in [4.69, 9.17) is 5.11 Å². The average Bonchev–Trinajstić information content (AvgIpc) is 2.17. The fraction of sp³-hybridized carbons (Fsp3) is 0.182. The quantitative estimate of drug-likeness (QED) is 0.714. The Kier molecular flexibility index (Phi) is 3.42. The summed E-state index contributed by atoms with van der Waals surface area (Å²) in [4.78, 5) is 10.4. The zero-order valence-electron chi connectivity index (χ0n) is 7.68. The SMILES string of the molecule is C=C(CC(=O)O)C(O)c1ccccc1. The minimum atomic E-state index is -0.981. The normalized spacial score (nSPS) is 12.1. The van der Waals surface area contributed by atoms with Gasteiger partial charge in [0.1, 0.15) is 6.10 Å². The Morgan fingerprint density at radius 2 is 1.93 bits per heavy atom. The zero-order chi connectivity index (χ0) is 10.6. The lowest BCUT2D eigenvalue weighted by Crippen LogP contribution is -2.05. The number of aliphatic hydroxyl groups excluding tert-OH is 1. The van der Waals surface area contributed by atoms with Crippen LogP contribution < -0.4 is 0 Å². The van der Waals surface area contributed by atoms with Crippen molar-refractivity contribution < 1.29 is 15.0 Å². The third kappa shape index (κ3) is 2.71. The van der Waals surface area contributed by atoms with E-state index in [2.05, 4.69) is 6.58 Å². The van der Waals surface area contributed by atoms with Crippen LogP contribution in [0.15, 0.2) is 42.5 Å².